The van der Waals surface area contributed by atoms with Gasteiger partial charge in [0.1, 0.15) is 0 Å². The molecule has 8 nitrogen and oxygen atoms in total. The molecule has 5 rings (SSSR count). The average Bonchev–Trinajstić information content (AvgIpc) is 2.81. The maximum absolute atomic E-state index is 13.7. The van der Waals surface area contributed by atoms with Crippen LogP contribution in [0.5, 0.6) is 0 Å². The lowest BCUT2D eigenvalue weighted by atomic mass is 9.60. The van der Waals surface area contributed by atoms with E-state index in [0.717, 1.165) is 11.4 Å². The van der Waals surface area contributed by atoms with Crippen LogP contribution in [-0.4, -0.2) is 56.0 Å². The second-order valence-corrected chi connectivity index (χ2v) is 8.78. The minimum atomic E-state index is -0.979. The number of nitrogens with zero attached hydrogens (tertiary/aromatic N) is 2. The smallest absolute Gasteiger partial charge is 0.167 e. The van der Waals surface area contributed by atoms with E-state index in [-0.39, 0.29) is 23.2 Å². The van der Waals surface area contributed by atoms with Gasteiger partial charge in [-0.25, -0.2) is 0 Å². The number of hydrogen-bond acceptors (Lipinski definition) is 8. The minimum Gasteiger partial charge on any atom is -0.392 e. The molecule has 2 aromatic heterocycles. The van der Waals surface area contributed by atoms with Crippen molar-refractivity contribution in [1.29, 1.82) is 0 Å². The number of ketones is 2. The van der Waals surface area contributed by atoms with Gasteiger partial charge in [0.15, 0.2) is 11.6 Å². The molecule has 0 aliphatic heterocycles. The van der Waals surface area contributed by atoms with Crippen LogP contribution in [0.25, 0.3) is 0 Å². The Kier molecular flexibility index (Phi) is 5.48. The monoisotopic (exact) mass is 434 g/mol. The number of fused-ring (bicyclic) bond motifs is 1. The number of aliphatic hydroxyl groups excluding tert-OH is 2. The fraction of sp³-hybridized carbons (Fsp3) is 0.417. The zero-order chi connectivity index (χ0) is 22.2. The summed E-state index contributed by atoms with van der Waals surface area (Å²) in [5, 5.41) is 28.2. The first kappa shape index (κ1) is 20.8. The highest BCUT2D eigenvalue weighted by atomic mass is 16.3. The number of pyridine rings is 2. The summed E-state index contributed by atoms with van der Waals surface area (Å²) in [5.74, 6) is -2.03. The molecule has 0 amide bonds. The fourth-order valence-electron chi connectivity index (χ4n) is 5.44. The average molecular weight is 434 g/mol. The van der Waals surface area contributed by atoms with Gasteiger partial charge in [-0.1, -0.05) is 0 Å². The summed E-state index contributed by atoms with van der Waals surface area (Å²) in [7, 11) is 0. The summed E-state index contributed by atoms with van der Waals surface area (Å²) >= 11 is 0. The van der Waals surface area contributed by atoms with Crippen molar-refractivity contribution in [1.82, 2.24) is 9.97 Å². The standard InChI is InChI=1S/C24H26N4O4/c29-17-7-5-15(27-13-3-1-9-25-11-13)19-21(17)24(32)20-16(28-14-4-2-10-26-12-14)6-8-18(30)22(20)23(19)31/h1-4,9-12,15-19,21,27-30H,5-8H2. The van der Waals surface area contributed by atoms with Crippen molar-refractivity contribution in [3.05, 3.63) is 60.2 Å². The molecule has 0 radical (unpaired) electrons. The van der Waals surface area contributed by atoms with Gasteiger partial charge >= 0.3 is 0 Å². The van der Waals surface area contributed by atoms with Gasteiger partial charge in [0.2, 0.25) is 0 Å². The van der Waals surface area contributed by atoms with Gasteiger partial charge in [-0.05, 0) is 49.9 Å². The number of aromatic nitrogens is 2. The van der Waals surface area contributed by atoms with Crippen molar-refractivity contribution in [2.45, 2.75) is 50.0 Å². The van der Waals surface area contributed by atoms with Crippen LogP contribution in [0.4, 0.5) is 11.4 Å². The highest BCUT2D eigenvalue weighted by Crippen LogP contribution is 2.44. The Labute approximate surface area is 185 Å². The Morgan fingerprint density at radius 1 is 0.781 bits per heavy atom. The van der Waals surface area contributed by atoms with Gasteiger partial charge in [0.25, 0.3) is 0 Å². The lowest BCUT2D eigenvalue weighted by molar-refractivity contribution is -0.139. The molecule has 166 valence electrons. The number of carbonyl (C=O) groups excluding carboxylic acids is 2. The number of aliphatic hydroxyl groups is 2. The predicted molar refractivity (Wildman–Crippen MR) is 118 cm³/mol. The second-order valence-electron chi connectivity index (χ2n) is 8.78. The molecule has 1 fully saturated rings. The number of hydrogen-bond donors (Lipinski definition) is 4. The highest BCUT2D eigenvalue weighted by molar-refractivity contribution is 6.16. The summed E-state index contributed by atoms with van der Waals surface area (Å²) < 4.78 is 0. The lowest BCUT2D eigenvalue weighted by Crippen LogP contribution is -2.57. The van der Waals surface area contributed by atoms with Crippen molar-refractivity contribution in [2.24, 2.45) is 11.8 Å². The molecule has 2 aromatic rings. The first-order valence-electron chi connectivity index (χ1n) is 11.1. The van der Waals surface area contributed by atoms with Crippen molar-refractivity contribution in [3.63, 3.8) is 0 Å². The summed E-state index contributed by atoms with van der Waals surface area (Å²) in [5.41, 5.74) is 2.02. The molecule has 2 heterocycles. The maximum Gasteiger partial charge on any atom is 0.167 e. The molecule has 6 unspecified atom stereocenters. The van der Waals surface area contributed by atoms with E-state index in [4.69, 9.17) is 0 Å². The molecule has 6 atom stereocenters. The first-order chi connectivity index (χ1) is 15.5. The van der Waals surface area contributed by atoms with Crippen LogP contribution in [0.2, 0.25) is 0 Å². The third-order valence-electron chi connectivity index (χ3n) is 6.86. The lowest BCUT2D eigenvalue weighted by Gasteiger charge is -2.46. The quantitative estimate of drug-likeness (QED) is 0.574. The molecule has 8 heteroatoms. The normalized spacial score (nSPS) is 32.2. The number of anilines is 2. The zero-order valence-electron chi connectivity index (χ0n) is 17.5. The molecule has 0 bridgehead atoms. The number of nitrogens with one attached hydrogen (secondary N) is 2. The predicted octanol–water partition coefficient (Wildman–Crippen LogP) is 1.73. The number of Topliss-reactive ketones (excluding diaryl/α,β-unsaturated/α-hetero) is 2. The van der Waals surface area contributed by atoms with E-state index < -0.39 is 30.1 Å². The maximum atomic E-state index is 13.7. The number of rotatable bonds is 4. The van der Waals surface area contributed by atoms with E-state index in [1.165, 1.54) is 0 Å². The first-order valence-corrected chi connectivity index (χ1v) is 11.1. The topological polar surface area (TPSA) is 124 Å². The van der Waals surface area contributed by atoms with E-state index in [2.05, 4.69) is 20.6 Å². The van der Waals surface area contributed by atoms with Gasteiger partial charge in [0, 0.05) is 42.0 Å². The van der Waals surface area contributed by atoms with Crippen LogP contribution in [0.1, 0.15) is 25.7 Å². The van der Waals surface area contributed by atoms with Crippen LogP contribution in [-0.2, 0) is 9.59 Å². The molecule has 32 heavy (non-hydrogen) atoms. The van der Waals surface area contributed by atoms with Crippen molar-refractivity contribution >= 4 is 22.9 Å². The highest BCUT2D eigenvalue weighted by Gasteiger charge is 2.54. The molecular weight excluding hydrogens is 408 g/mol. The Morgan fingerprint density at radius 3 is 2.09 bits per heavy atom. The van der Waals surface area contributed by atoms with Gasteiger partial charge in [-0.3, -0.25) is 19.6 Å². The zero-order valence-corrected chi connectivity index (χ0v) is 17.5. The third-order valence-corrected chi connectivity index (χ3v) is 6.86. The molecule has 1 saturated carbocycles. The molecule has 4 N–H and O–H groups in total. The Morgan fingerprint density at radius 2 is 1.44 bits per heavy atom. The largest absolute Gasteiger partial charge is 0.392 e. The van der Waals surface area contributed by atoms with Crippen LogP contribution in [0.15, 0.2) is 60.2 Å². The van der Waals surface area contributed by atoms with Crippen LogP contribution < -0.4 is 10.6 Å². The van der Waals surface area contributed by atoms with E-state index in [1.807, 2.05) is 12.1 Å². The number of carbonyl (C=O) groups is 2. The SMILES string of the molecule is O=C1C2=C(C(=O)C3C(Nc4cccnc4)CCC(O)C13)C(O)CCC2Nc1cccnc1. The fourth-order valence-corrected chi connectivity index (χ4v) is 5.44. The van der Waals surface area contributed by atoms with E-state index in [9.17, 15) is 19.8 Å². The summed E-state index contributed by atoms with van der Waals surface area (Å²) in [6, 6.07) is 6.56. The van der Waals surface area contributed by atoms with E-state index in [0.29, 0.717) is 31.3 Å². The summed E-state index contributed by atoms with van der Waals surface area (Å²) in [6.45, 7) is 0. The summed E-state index contributed by atoms with van der Waals surface area (Å²) in [6.07, 6.45) is 6.65. The van der Waals surface area contributed by atoms with Crippen LogP contribution in [0.3, 0.4) is 0 Å². The van der Waals surface area contributed by atoms with Crippen LogP contribution in [0, 0.1) is 11.8 Å². The van der Waals surface area contributed by atoms with Gasteiger partial charge in [-0.15, -0.1) is 0 Å². The molecule has 3 aliphatic carbocycles. The van der Waals surface area contributed by atoms with Crippen molar-refractivity contribution in [3.8, 4) is 0 Å². The summed E-state index contributed by atoms with van der Waals surface area (Å²) in [4.78, 5) is 35.6. The molecule has 0 spiro atoms. The van der Waals surface area contributed by atoms with Crippen molar-refractivity contribution in [2.75, 3.05) is 10.6 Å². The molecule has 0 saturated heterocycles. The Hall–Kier alpha value is -3.10. The van der Waals surface area contributed by atoms with Crippen LogP contribution >= 0.6 is 0 Å². The Balaban J connectivity index is 1.52. The van der Waals surface area contributed by atoms with Gasteiger partial charge < -0.3 is 20.8 Å². The van der Waals surface area contributed by atoms with E-state index >= 15 is 0 Å². The molecular formula is C24H26N4O4. The van der Waals surface area contributed by atoms with E-state index in [1.54, 1.807) is 36.9 Å². The molecule has 3 aliphatic rings. The third kappa shape index (κ3) is 3.59. The van der Waals surface area contributed by atoms with Gasteiger partial charge in [-0.2, -0.15) is 0 Å². The van der Waals surface area contributed by atoms with Crippen molar-refractivity contribution < 1.29 is 19.8 Å². The second kappa shape index (κ2) is 8.44. The van der Waals surface area contributed by atoms with Gasteiger partial charge in [0.05, 0.1) is 41.5 Å². The Bertz CT molecular complexity index is 1040. The molecule has 0 aromatic carbocycles. The minimum absolute atomic E-state index is 0.205.